The number of hydrogen-bond acceptors (Lipinski definition) is 2. The smallest absolute Gasteiger partial charge is 0.122 e. The van der Waals surface area contributed by atoms with Crippen molar-refractivity contribution in [3.05, 3.63) is 63.7 Å². The highest BCUT2D eigenvalue weighted by molar-refractivity contribution is 5.49. The SMILES string of the molecule is Cc1cc(C)c(O)c(C(c2ccc(C)c(C)c2)C(C)O)c1. The maximum atomic E-state index is 10.4. The predicted molar refractivity (Wildman–Crippen MR) is 87.0 cm³/mol. The van der Waals surface area contributed by atoms with Gasteiger partial charge in [-0.3, -0.25) is 0 Å². The van der Waals surface area contributed by atoms with Crippen LogP contribution in [-0.4, -0.2) is 16.3 Å². The molecule has 0 aliphatic carbocycles. The maximum Gasteiger partial charge on any atom is 0.122 e. The lowest BCUT2D eigenvalue weighted by Crippen LogP contribution is -2.17. The van der Waals surface area contributed by atoms with Gasteiger partial charge in [0, 0.05) is 11.5 Å². The molecule has 0 spiro atoms. The summed E-state index contributed by atoms with van der Waals surface area (Å²) in [5.74, 6) is 0.0626. The van der Waals surface area contributed by atoms with E-state index in [4.69, 9.17) is 0 Å². The van der Waals surface area contributed by atoms with Crippen molar-refractivity contribution in [3.8, 4) is 5.75 Å². The Labute approximate surface area is 127 Å². The molecule has 21 heavy (non-hydrogen) atoms. The summed E-state index contributed by atoms with van der Waals surface area (Å²) in [5.41, 5.74) is 6.20. The monoisotopic (exact) mass is 284 g/mol. The van der Waals surface area contributed by atoms with Gasteiger partial charge in [0.25, 0.3) is 0 Å². The van der Waals surface area contributed by atoms with E-state index in [1.807, 2.05) is 32.0 Å². The molecule has 0 saturated heterocycles. The van der Waals surface area contributed by atoms with Crippen LogP contribution in [0, 0.1) is 27.7 Å². The lowest BCUT2D eigenvalue weighted by atomic mass is 9.84. The number of phenols is 1. The van der Waals surface area contributed by atoms with E-state index in [0.29, 0.717) is 0 Å². The summed E-state index contributed by atoms with van der Waals surface area (Å²) in [7, 11) is 0. The van der Waals surface area contributed by atoms with Crippen LogP contribution in [0.2, 0.25) is 0 Å². The summed E-state index contributed by atoms with van der Waals surface area (Å²) in [6.45, 7) is 9.82. The lowest BCUT2D eigenvalue weighted by molar-refractivity contribution is 0.175. The zero-order valence-electron chi connectivity index (χ0n) is 13.4. The van der Waals surface area contributed by atoms with Crippen molar-refractivity contribution in [1.29, 1.82) is 0 Å². The second-order valence-corrected chi connectivity index (χ2v) is 6.08. The molecule has 2 heteroatoms. The highest BCUT2D eigenvalue weighted by Crippen LogP contribution is 2.37. The van der Waals surface area contributed by atoms with E-state index >= 15 is 0 Å². The van der Waals surface area contributed by atoms with Crippen LogP contribution in [-0.2, 0) is 0 Å². The van der Waals surface area contributed by atoms with Gasteiger partial charge in [-0.2, -0.15) is 0 Å². The molecule has 0 bridgehead atoms. The van der Waals surface area contributed by atoms with Crippen molar-refractivity contribution < 1.29 is 10.2 Å². The average Bonchev–Trinajstić information content (AvgIpc) is 2.39. The summed E-state index contributed by atoms with van der Waals surface area (Å²) in [4.78, 5) is 0. The average molecular weight is 284 g/mol. The molecule has 2 N–H and O–H groups in total. The molecule has 0 saturated carbocycles. The molecule has 2 aromatic rings. The number of hydrogen-bond donors (Lipinski definition) is 2. The van der Waals surface area contributed by atoms with Gasteiger partial charge in [-0.25, -0.2) is 0 Å². The molecule has 2 rings (SSSR count). The number of aliphatic hydroxyl groups is 1. The fourth-order valence-electron chi connectivity index (χ4n) is 2.91. The summed E-state index contributed by atoms with van der Waals surface area (Å²) in [6, 6.07) is 10.1. The van der Waals surface area contributed by atoms with Gasteiger partial charge < -0.3 is 10.2 Å². The van der Waals surface area contributed by atoms with Crippen LogP contribution in [0.4, 0.5) is 0 Å². The van der Waals surface area contributed by atoms with Gasteiger partial charge in [0.05, 0.1) is 6.10 Å². The highest BCUT2D eigenvalue weighted by atomic mass is 16.3. The normalized spacial score (nSPS) is 14.0. The highest BCUT2D eigenvalue weighted by Gasteiger charge is 2.24. The largest absolute Gasteiger partial charge is 0.507 e. The second kappa shape index (κ2) is 5.90. The van der Waals surface area contributed by atoms with Crippen LogP contribution in [0.3, 0.4) is 0 Å². The van der Waals surface area contributed by atoms with Gasteiger partial charge in [0.15, 0.2) is 0 Å². The van der Waals surface area contributed by atoms with Crippen LogP contribution in [0.15, 0.2) is 30.3 Å². The molecule has 0 aromatic heterocycles. The minimum atomic E-state index is -0.570. The molecule has 2 unspecified atom stereocenters. The van der Waals surface area contributed by atoms with Crippen LogP contribution >= 0.6 is 0 Å². The van der Waals surface area contributed by atoms with E-state index in [-0.39, 0.29) is 11.7 Å². The first-order valence-corrected chi connectivity index (χ1v) is 7.36. The molecule has 2 nitrogen and oxygen atoms in total. The molecule has 0 amide bonds. The maximum absolute atomic E-state index is 10.4. The third-order valence-corrected chi connectivity index (χ3v) is 4.18. The number of aliphatic hydroxyl groups excluding tert-OH is 1. The van der Waals surface area contributed by atoms with Crippen molar-refractivity contribution in [1.82, 2.24) is 0 Å². The van der Waals surface area contributed by atoms with E-state index in [9.17, 15) is 10.2 Å². The second-order valence-electron chi connectivity index (χ2n) is 6.08. The summed E-state index contributed by atoms with van der Waals surface area (Å²) in [6.07, 6.45) is -0.570. The van der Waals surface area contributed by atoms with Crippen molar-refractivity contribution in [3.63, 3.8) is 0 Å². The zero-order chi connectivity index (χ0) is 15.7. The minimum Gasteiger partial charge on any atom is -0.507 e. The van der Waals surface area contributed by atoms with Gasteiger partial charge in [-0.05, 0) is 56.9 Å². The van der Waals surface area contributed by atoms with Crippen LogP contribution in [0.1, 0.15) is 46.2 Å². The Kier molecular flexibility index (Phi) is 4.38. The quantitative estimate of drug-likeness (QED) is 0.889. The van der Waals surface area contributed by atoms with Gasteiger partial charge in [0.2, 0.25) is 0 Å². The van der Waals surface area contributed by atoms with Crippen molar-refractivity contribution in [2.75, 3.05) is 0 Å². The zero-order valence-corrected chi connectivity index (χ0v) is 13.4. The number of aromatic hydroxyl groups is 1. The number of aryl methyl sites for hydroxylation is 4. The predicted octanol–water partition coefficient (Wildman–Crippen LogP) is 4.14. The van der Waals surface area contributed by atoms with Gasteiger partial charge in [0.1, 0.15) is 5.75 Å². The van der Waals surface area contributed by atoms with Gasteiger partial charge >= 0.3 is 0 Å². The van der Waals surface area contributed by atoms with Crippen molar-refractivity contribution >= 4 is 0 Å². The number of benzene rings is 2. The fraction of sp³-hybridized carbons (Fsp3) is 0.368. The number of phenolic OH excluding ortho intramolecular Hbond substituents is 1. The Bertz CT molecular complexity index is 657. The molecule has 112 valence electrons. The summed E-state index contributed by atoms with van der Waals surface area (Å²) < 4.78 is 0. The molecular formula is C19H24O2. The molecule has 0 aliphatic rings. The number of rotatable bonds is 3. The third kappa shape index (κ3) is 3.11. The fourth-order valence-corrected chi connectivity index (χ4v) is 2.91. The Morgan fingerprint density at radius 1 is 0.857 bits per heavy atom. The lowest BCUT2D eigenvalue weighted by Gasteiger charge is -2.24. The first kappa shape index (κ1) is 15.6. The molecular weight excluding hydrogens is 260 g/mol. The van der Waals surface area contributed by atoms with Crippen LogP contribution in [0.25, 0.3) is 0 Å². The molecule has 0 fully saturated rings. The molecule has 2 atom stereocenters. The van der Waals surface area contributed by atoms with E-state index in [0.717, 1.165) is 22.3 Å². The molecule has 0 radical (unpaired) electrons. The van der Waals surface area contributed by atoms with Crippen LogP contribution in [0.5, 0.6) is 5.75 Å². The first-order valence-electron chi connectivity index (χ1n) is 7.36. The standard InChI is InChI=1S/C19H24O2/c1-11-8-14(4)19(21)17(9-11)18(15(5)20)16-7-6-12(2)13(3)10-16/h6-10,15,18,20-21H,1-5H3. The van der Waals surface area contributed by atoms with E-state index < -0.39 is 6.10 Å². The summed E-state index contributed by atoms with van der Waals surface area (Å²) >= 11 is 0. The van der Waals surface area contributed by atoms with Gasteiger partial charge in [-0.1, -0.05) is 35.9 Å². The Hall–Kier alpha value is -1.80. The Morgan fingerprint density at radius 3 is 2.10 bits per heavy atom. The Balaban J connectivity index is 2.61. The minimum absolute atomic E-state index is 0.220. The Morgan fingerprint density at radius 2 is 1.52 bits per heavy atom. The van der Waals surface area contributed by atoms with E-state index in [2.05, 4.69) is 26.0 Å². The summed E-state index contributed by atoms with van der Waals surface area (Å²) in [5, 5.41) is 20.7. The van der Waals surface area contributed by atoms with Crippen LogP contribution < -0.4 is 0 Å². The van der Waals surface area contributed by atoms with Gasteiger partial charge in [-0.15, -0.1) is 0 Å². The van der Waals surface area contributed by atoms with Crippen molar-refractivity contribution in [2.45, 2.75) is 46.6 Å². The van der Waals surface area contributed by atoms with E-state index in [1.165, 1.54) is 11.1 Å². The third-order valence-electron chi connectivity index (χ3n) is 4.18. The molecule has 2 aromatic carbocycles. The molecule has 0 aliphatic heterocycles. The molecule has 0 heterocycles. The topological polar surface area (TPSA) is 40.5 Å². The van der Waals surface area contributed by atoms with Crippen molar-refractivity contribution in [2.24, 2.45) is 0 Å². The first-order chi connectivity index (χ1) is 9.81. The van der Waals surface area contributed by atoms with E-state index in [1.54, 1.807) is 6.92 Å².